The topological polar surface area (TPSA) is 184 Å². The lowest BCUT2D eigenvalue weighted by Gasteiger charge is -2.35. The maximum absolute atomic E-state index is 14.5. The second-order valence-electron chi connectivity index (χ2n) is 20.9. The van der Waals surface area contributed by atoms with Gasteiger partial charge in [-0.15, -0.1) is 28.6 Å². The Morgan fingerprint density at radius 1 is 0.764 bits per heavy atom. The maximum atomic E-state index is 14.5. The zero-order chi connectivity index (χ0) is 51.7. The molecule has 0 saturated carbocycles. The van der Waals surface area contributed by atoms with E-state index in [1.165, 1.54) is 0 Å². The zero-order valence-electron chi connectivity index (χ0n) is 42.9. The Balaban J connectivity index is 0.944. The van der Waals surface area contributed by atoms with Gasteiger partial charge < -0.3 is 45.9 Å². The zero-order valence-corrected chi connectivity index (χ0v) is 46.2. The number of thiocarbonyl (C=S) groups is 2. The lowest BCUT2D eigenvalue weighted by atomic mass is 9.83. The maximum Gasteiger partial charge on any atom is 0.246 e. The Hall–Kier alpha value is -4.18. The van der Waals surface area contributed by atoms with Crippen molar-refractivity contribution in [2.24, 2.45) is 16.7 Å². The molecule has 16 nitrogen and oxygen atoms in total. The number of thioether (sulfide) groups is 2. The second-order valence-corrected chi connectivity index (χ2v) is 24.3. The minimum atomic E-state index is -0.687. The monoisotopic (exact) mass is 1060 g/mol. The molecule has 5 heterocycles. The highest BCUT2D eigenvalue weighted by molar-refractivity contribution is 8.00. The fraction of sp³-hybridized carbons (Fsp3) is 0.615. The summed E-state index contributed by atoms with van der Waals surface area (Å²) >= 11 is 14.8. The van der Waals surface area contributed by atoms with Crippen LogP contribution in [0.25, 0.3) is 0 Å². The number of rotatable bonds is 21. The van der Waals surface area contributed by atoms with Gasteiger partial charge in [0.05, 0.1) is 78.0 Å². The molecular weight excluding hydrogens is 989 g/mol. The molecule has 5 N–H and O–H groups in total. The third kappa shape index (κ3) is 13.4. The van der Waals surface area contributed by atoms with Crippen LogP contribution in [-0.2, 0) is 41.8 Å². The number of ether oxygens (including phenoxy) is 2. The number of carbonyl (C=O) groups excluding carboxylic acids is 4. The lowest BCUT2D eigenvalue weighted by molar-refractivity contribution is -0.142. The minimum absolute atomic E-state index is 0.0820. The first kappa shape index (κ1) is 55.6. The molecule has 0 aliphatic carbocycles. The average Bonchev–Trinajstić information content (AvgIpc) is 3.95. The van der Waals surface area contributed by atoms with Gasteiger partial charge in [0, 0.05) is 5.92 Å². The average molecular weight is 1060 g/mol. The Bertz CT molecular complexity index is 2360. The molecule has 0 spiro atoms. The predicted octanol–water partition coefficient (Wildman–Crippen LogP) is 5.93. The Kier molecular flexibility index (Phi) is 19.2. The van der Waals surface area contributed by atoms with Crippen molar-refractivity contribution in [3.8, 4) is 0 Å². The van der Waals surface area contributed by atoms with Crippen LogP contribution in [0.5, 0.6) is 0 Å². The van der Waals surface area contributed by atoms with Gasteiger partial charge >= 0.3 is 0 Å². The minimum Gasteiger partial charge on any atom is -0.377 e. The van der Waals surface area contributed by atoms with Crippen molar-refractivity contribution < 1.29 is 28.7 Å². The van der Waals surface area contributed by atoms with Crippen molar-refractivity contribution in [1.29, 1.82) is 0 Å². The number of carbonyl (C=O) groups is 4. The molecule has 4 aliphatic rings. The molecule has 4 amide bonds. The first-order valence-electron chi connectivity index (χ1n) is 25.3. The smallest absolute Gasteiger partial charge is 0.246 e. The highest BCUT2D eigenvalue weighted by Gasteiger charge is 2.56. The molecule has 10 atom stereocenters. The molecule has 4 aliphatic heterocycles. The highest BCUT2D eigenvalue weighted by Crippen LogP contribution is 2.48. The van der Waals surface area contributed by atoms with Crippen LogP contribution >= 0.6 is 48.0 Å². The summed E-state index contributed by atoms with van der Waals surface area (Å²) in [6.07, 6.45) is 5.34. The first-order chi connectivity index (χ1) is 34.4. The number of benzene rings is 2. The van der Waals surface area contributed by atoms with Crippen LogP contribution < -0.4 is 26.6 Å². The number of amides is 4. The van der Waals surface area contributed by atoms with E-state index in [0.717, 1.165) is 29.1 Å². The SMILES string of the molecule is CC[C@@H](C)C(=S)N[C@H]1CCS[C@H]2CC(C)(C)[C@@H](C(=O)N[C@H](COCc3cn(CCOC[C@@H](NC(=O)[C@H]4N5C(=O)[C@@H](NC(=S)[C@H](C)NC)CCS[C@H]5CC4(C)C)c4ccccc4)nn3)c3ccccc3)N2C1=O. The van der Waals surface area contributed by atoms with Crippen molar-refractivity contribution >= 4 is 81.6 Å². The van der Waals surface area contributed by atoms with Gasteiger partial charge in [0.25, 0.3) is 0 Å². The Morgan fingerprint density at radius 2 is 1.25 bits per heavy atom. The molecule has 392 valence electrons. The number of likely N-dealkylation sites (N-methyl/N-ethyl adjacent to an activating group) is 1. The van der Waals surface area contributed by atoms with E-state index in [0.29, 0.717) is 54.5 Å². The van der Waals surface area contributed by atoms with Crippen molar-refractivity contribution in [2.75, 3.05) is 38.4 Å². The van der Waals surface area contributed by atoms with Gasteiger partial charge in [0.15, 0.2) is 0 Å². The van der Waals surface area contributed by atoms with E-state index in [2.05, 4.69) is 78.4 Å². The van der Waals surface area contributed by atoms with Crippen LogP contribution in [0.1, 0.15) is 109 Å². The van der Waals surface area contributed by atoms with Gasteiger partial charge in [0.1, 0.15) is 29.9 Å². The van der Waals surface area contributed by atoms with E-state index in [9.17, 15) is 19.2 Å². The van der Waals surface area contributed by atoms with Crippen LogP contribution in [0, 0.1) is 16.7 Å². The standard InChI is InChI=1S/C52H74N10O6S4/c1-9-32(2)47(69)56-37-20-24-71-41-26-52(6,7)44(61(41)49(37)65)46(64)55-40(35-18-14-11-15-19-35)31-68-29-36-28-60(59-58-36)22-23-67-30-39(34-16-12-10-13-17-34)54-45(63)43-51(4,5)27-42-62(43)50(66)38(21-25-72-42)57-48(70)33(3)53-8/h10-19,28,32-33,37-44,53H,9,20-27,29-31H2,1-8H3,(H,54,63)(H,55,64)(H,56,69)(H,57,70)/t32-,33+,37+,38+,39-,40-,41+,42+,43-,44-/m1/s1. The van der Waals surface area contributed by atoms with Gasteiger partial charge in [-0.2, -0.15) is 0 Å². The third-order valence-corrected chi connectivity index (χ3v) is 18.0. The molecule has 0 radical (unpaired) electrons. The van der Waals surface area contributed by atoms with Crippen LogP contribution in [0.3, 0.4) is 0 Å². The third-order valence-electron chi connectivity index (χ3n) is 14.5. The number of hydrogen-bond donors (Lipinski definition) is 5. The molecule has 4 saturated heterocycles. The van der Waals surface area contributed by atoms with Gasteiger partial charge in [-0.3, -0.25) is 19.2 Å². The second kappa shape index (κ2) is 24.9. The molecule has 3 aromatic rings. The number of nitrogens with zero attached hydrogens (tertiary/aromatic N) is 5. The van der Waals surface area contributed by atoms with E-state index < -0.39 is 47.1 Å². The highest BCUT2D eigenvalue weighted by atomic mass is 32.2. The molecule has 1 aromatic heterocycles. The summed E-state index contributed by atoms with van der Waals surface area (Å²) in [5, 5.41) is 24.8. The van der Waals surface area contributed by atoms with Crippen molar-refractivity contribution in [3.05, 3.63) is 83.7 Å². The molecule has 0 unspecified atom stereocenters. The summed E-state index contributed by atoms with van der Waals surface area (Å²) < 4.78 is 14.2. The van der Waals surface area contributed by atoms with Gasteiger partial charge in [-0.1, -0.05) is 132 Å². The molecule has 7 rings (SSSR count). The Labute approximate surface area is 444 Å². The van der Waals surface area contributed by atoms with Crippen LogP contribution in [0.15, 0.2) is 66.9 Å². The van der Waals surface area contributed by atoms with Crippen molar-refractivity contribution in [2.45, 2.75) is 147 Å². The van der Waals surface area contributed by atoms with Crippen LogP contribution in [0.4, 0.5) is 0 Å². The summed E-state index contributed by atoms with van der Waals surface area (Å²) in [5.41, 5.74) is 1.44. The number of nitrogens with one attached hydrogen (secondary N) is 5. The number of hydrogen-bond acceptors (Lipinski definition) is 13. The molecule has 0 bridgehead atoms. The predicted molar refractivity (Wildman–Crippen MR) is 292 cm³/mol. The fourth-order valence-corrected chi connectivity index (χ4v) is 13.8. The number of aromatic nitrogens is 3. The van der Waals surface area contributed by atoms with Crippen molar-refractivity contribution in [3.63, 3.8) is 0 Å². The van der Waals surface area contributed by atoms with Gasteiger partial charge in [-0.25, -0.2) is 4.68 Å². The van der Waals surface area contributed by atoms with E-state index >= 15 is 0 Å². The number of fused-ring (bicyclic) bond motifs is 2. The molecule has 20 heteroatoms. The normalized spacial score (nSPS) is 25.2. The van der Waals surface area contributed by atoms with Gasteiger partial charge in [-0.05, 0) is 79.5 Å². The van der Waals surface area contributed by atoms with E-state index in [-0.39, 0.29) is 66.2 Å². The fourth-order valence-electron chi connectivity index (χ4n) is 10.1. The summed E-state index contributed by atoms with van der Waals surface area (Å²) in [6.45, 7) is 15.5. The Morgan fingerprint density at radius 3 is 1.74 bits per heavy atom. The van der Waals surface area contributed by atoms with E-state index in [1.807, 2.05) is 79.5 Å². The molecular formula is C52H74N10O6S4. The summed E-state index contributed by atoms with van der Waals surface area (Å²) in [7, 11) is 1.83. The molecule has 72 heavy (non-hydrogen) atoms. The first-order valence-corrected chi connectivity index (χ1v) is 28.2. The van der Waals surface area contributed by atoms with Crippen LogP contribution in [0.2, 0.25) is 0 Å². The van der Waals surface area contributed by atoms with Gasteiger partial charge in [0.2, 0.25) is 23.6 Å². The molecule has 4 fully saturated rings. The summed E-state index contributed by atoms with van der Waals surface area (Å²) in [5.74, 6) is 1.10. The van der Waals surface area contributed by atoms with Crippen LogP contribution in [-0.4, -0.2) is 138 Å². The van der Waals surface area contributed by atoms with Crippen molar-refractivity contribution in [1.82, 2.24) is 51.4 Å². The van der Waals surface area contributed by atoms with E-state index in [4.69, 9.17) is 33.9 Å². The quantitative estimate of drug-likeness (QED) is 0.0625. The summed E-state index contributed by atoms with van der Waals surface area (Å²) in [6, 6.07) is 16.0. The largest absolute Gasteiger partial charge is 0.377 e. The van der Waals surface area contributed by atoms with E-state index in [1.54, 1.807) is 39.3 Å². The lowest BCUT2D eigenvalue weighted by Crippen LogP contribution is -2.58. The molecule has 2 aromatic carbocycles. The summed E-state index contributed by atoms with van der Waals surface area (Å²) in [4.78, 5) is 62.4.